The Kier molecular flexibility index (Phi) is 13.7. The number of nitrogens with zero attached hydrogens (tertiary/aromatic N) is 2. The number of carboxylic acid groups (broad SMARTS) is 2. The maximum absolute atomic E-state index is 12.3. The number of aryl methyl sites for hydroxylation is 4. The van der Waals surface area contributed by atoms with Crippen LogP contribution in [0, 0.1) is 13.8 Å². The highest BCUT2D eigenvalue weighted by Gasteiger charge is 2.27. The Balaban J connectivity index is 2.20. The maximum atomic E-state index is 12.3. The second-order valence-electron chi connectivity index (χ2n) is 15.5. The molecule has 2 aliphatic rings. The minimum absolute atomic E-state index is 0.00272. The number of carbonyl (C=O) groups excluding carboxylic acids is 2. The molecule has 2 aliphatic heterocycles. The molecule has 3 aromatic heterocycles. The molecule has 0 unspecified atom stereocenters. The summed E-state index contributed by atoms with van der Waals surface area (Å²) in [5.74, 6) is -3.76. The number of rotatable bonds is 16. The fourth-order valence-corrected chi connectivity index (χ4v) is 8.19. The highest BCUT2D eigenvalue weighted by atomic mass is 16.4. The Bertz CT molecular complexity index is 2650. The minimum Gasteiger partial charge on any atom is -0.510 e. The second kappa shape index (κ2) is 18.3. The van der Waals surface area contributed by atoms with E-state index in [-0.39, 0.29) is 79.0 Å². The van der Waals surface area contributed by atoms with Crippen LogP contribution >= 0.6 is 0 Å². The van der Waals surface area contributed by atoms with Gasteiger partial charge < -0.3 is 53.3 Å². The van der Waals surface area contributed by atoms with Crippen molar-refractivity contribution in [2.75, 3.05) is 0 Å². The fourth-order valence-electron chi connectivity index (χ4n) is 8.19. The van der Waals surface area contributed by atoms with Gasteiger partial charge in [0.25, 0.3) is 0 Å². The summed E-state index contributed by atoms with van der Waals surface area (Å²) in [4.78, 5) is 64.8. The third kappa shape index (κ3) is 8.99. The molecule has 3 aromatic rings. The van der Waals surface area contributed by atoms with Gasteiger partial charge in [-0.2, -0.15) is 0 Å². The van der Waals surface area contributed by atoms with Crippen LogP contribution < -0.4 is 33.4 Å². The van der Waals surface area contributed by atoms with Crippen LogP contribution in [0.3, 0.4) is 0 Å². The van der Waals surface area contributed by atoms with E-state index in [0.29, 0.717) is 74.3 Å². The molecule has 2 amide bonds. The molecule has 8 bridgehead atoms. The third-order valence-electron chi connectivity index (χ3n) is 11.6. The van der Waals surface area contributed by atoms with Crippen LogP contribution in [0.25, 0.3) is 55.9 Å². The van der Waals surface area contributed by atoms with Gasteiger partial charge in [-0.1, -0.05) is 13.8 Å². The molecule has 60 heavy (non-hydrogen) atoms. The predicted molar refractivity (Wildman–Crippen MR) is 232 cm³/mol. The van der Waals surface area contributed by atoms with Gasteiger partial charge in [0.2, 0.25) is 11.8 Å². The van der Waals surface area contributed by atoms with Crippen molar-refractivity contribution >= 4 is 79.6 Å². The average Bonchev–Trinajstić information content (AvgIpc) is 3.87. The normalized spacial score (nSPS) is 14.9. The predicted octanol–water partition coefficient (Wildman–Crippen LogP) is 4.17. The van der Waals surface area contributed by atoms with Crippen LogP contribution in [-0.4, -0.2) is 76.2 Å². The molecule has 0 spiro atoms. The molecule has 0 radical (unpaired) electrons. The van der Waals surface area contributed by atoms with Gasteiger partial charge in [-0.15, -0.1) is 0 Å². The van der Waals surface area contributed by atoms with Crippen LogP contribution in [0.5, 0.6) is 0 Å². The van der Waals surface area contributed by atoms with Crippen molar-refractivity contribution in [1.29, 1.82) is 0 Å². The van der Waals surface area contributed by atoms with Crippen LogP contribution in [-0.2, 0) is 32.0 Å². The van der Waals surface area contributed by atoms with Gasteiger partial charge >= 0.3 is 11.9 Å². The van der Waals surface area contributed by atoms with Crippen LogP contribution in [0.1, 0.15) is 124 Å². The topological polar surface area (TPSA) is 311 Å². The number of nitrogens with two attached hydrogens (primary N) is 4. The van der Waals surface area contributed by atoms with Gasteiger partial charge in [-0.3, -0.25) is 19.2 Å². The number of aromatic nitrogens is 4. The van der Waals surface area contributed by atoms with E-state index in [0.717, 1.165) is 22.3 Å². The molecule has 5 rings (SSSR count). The molecule has 0 saturated heterocycles. The van der Waals surface area contributed by atoms with E-state index in [1.54, 1.807) is 13.0 Å². The molecular weight excluding hydrogens is 769 g/mol. The first-order valence-corrected chi connectivity index (χ1v) is 20.1. The maximum Gasteiger partial charge on any atom is 0.303 e. The Hall–Kier alpha value is -6.26. The molecule has 320 valence electrons. The number of aromatic amines is 2. The zero-order valence-corrected chi connectivity index (χ0v) is 35.0. The first-order valence-electron chi connectivity index (χ1n) is 20.1. The number of nitrogens with one attached hydrogen (secondary N) is 2. The van der Waals surface area contributed by atoms with Crippen molar-refractivity contribution in [3.05, 3.63) is 67.6 Å². The highest BCUT2D eigenvalue weighted by molar-refractivity contribution is 5.96. The van der Waals surface area contributed by atoms with Crippen LogP contribution in [0.2, 0.25) is 0 Å². The van der Waals surface area contributed by atoms with Crippen molar-refractivity contribution in [2.45, 2.75) is 118 Å². The first-order chi connectivity index (χ1) is 28.3. The minimum atomic E-state index is -1.09. The average molecular weight is 825 g/mol. The molecule has 5 heterocycles. The lowest BCUT2D eigenvalue weighted by Crippen LogP contribution is -2.30. The molecule has 0 fully saturated rings. The lowest BCUT2D eigenvalue weighted by molar-refractivity contribution is -0.137. The molecule has 16 heteroatoms. The Morgan fingerprint density at radius 2 is 1.15 bits per heavy atom. The Morgan fingerprint density at radius 3 is 1.68 bits per heavy atom. The number of amides is 2. The lowest BCUT2D eigenvalue weighted by atomic mass is 9.97. The highest BCUT2D eigenvalue weighted by Crippen LogP contribution is 2.35. The van der Waals surface area contributed by atoms with Crippen LogP contribution in [0.15, 0.2) is 12.1 Å². The van der Waals surface area contributed by atoms with E-state index in [2.05, 4.69) is 9.97 Å². The number of hydrogen-bond donors (Lipinski definition) is 10. The standard InChI is InChI=1S/C44H56N8O8/c1-7-23-19(3)30-17-29-20(4)25(9-15-35(55)56)31(49-29)18-32-26(10-16-36(57)58)22(6)39(51-32)37(43(59)27(45)11-13-33(47)53)42-24(8-2)21(5)40(52-42)38(41(23)50-30)44(60)28(46)12-14-34(48)54/h17-18,27-28,49,52,59-60H,7-16,45-46H2,1-6H3,(H2,47,53)(H2,48,54)(H,55,56)(H,57,58)/t27-,28-/m0/s1. The monoisotopic (exact) mass is 824 g/mol. The number of primary amides is 2. The quantitative estimate of drug-likeness (QED) is 0.0974. The van der Waals surface area contributed by atoms with Crippen LogP contribution in [0.4, 0.5) is 0 Å². The van der Waals surface area contributed by atoms with Crippen molar-refractivity contribution in [3.63, 3.8) is 0 Å². The summed E-state index contributed by atoms with van der Waals surface area (Å²) in [6.07, 6.45) is 0.598. The number of carboxylic acids is 2. The van der Waals surface area contributed by atoms with Crippen molar-refractivity contribution < 1.29 is 39.6 Å². The zero-order chi connectivity index (χ0) is 44.3. The van der Waals surface area contributed by atoms with Gasteiger partial charge in [-0.05, 0) is 123 Å². The lowest BCUT2D eigenvalue weighted by Gasteiger charge is -2.12. The van der Waals surface area contributed by atoms with E-state index in [4.69, 9.17) is 32.9 Å². The zero-order valence-electron chi connectivity index (χ0n) is 35.0. The summed E-state index contributed by atoms with van der Waals surface area (Å²) in [6, 6.07) is 1.52. The number of aliphatic hydroxyl groups excluding tert-OH is 2. The summed E-state index contributed by atoms with van der Waals surface area (Å²) in [5, 5.41) is 44.5. The molecule has 16 nitrogen and oxygen atoms in total. The van der Waals surface area contributed by atoms with Crippen molar-refractivity contribution in [3.8, 4) is 0 Å². The Labute approximate surface area is 346 Å². The largest absolute Gasteiger partial charge is 0.510 e. The van der Waals surface area contributed by atoms with E-state index < -0.39 is 35.8 Å². The summed E-state index contributed by atoms with van der Waals surface area (Å²) in [6.45, 7) is 11.3. The SMILES string of the molecule is CCC1=C(C)c2cc3[nH]c(cc4nc(c(=C(O)[C@@H](N)CCC(N)=O)c5[nH]c(c(C)c5CC)c(=C(O)[C@@H](N)CCC(N)=O)c1n2)C(C)=C4CCC(=O)O)c(CCC(=O)O)c3C. The summed E-state index contributed by atoms with van der Waals surface area (Å²) in [5.41, 5.74) is 33.7. The molecular formula is C44H56N8O8. The molecule has 0 aromatic carbocycles. The van der Waals surface area contributed by atoms with E-state index in [9.17, 15) is 39.6 Å². The second-order valence-corrected chi connectivity index (χ2v) is 15.5. The van der Waals surface area contributed by atoms with Crippen molar-refractivity contribution in [2.24, 2.45) is 22.9 Å². The van der Waals surface area contributed by atoms with E-state index >= 15 is 0 Å². The first kappa shape index (κ1) is 44.8. The number of aliphatic hydroxyl groups is 2. The Morgan fingerprint density at radius 1 is 0.617 bits per heavy atom. The number of fused-ring (bicyclic) bond motifs is 8. The summed E-state index contributed by atoms with van der Waals surface area (Å²) in [7, 11) is 0. The summed E-state index contributed by atoms with van der Waals surface area (Å²) >= 11 is 0. The number of carbonyl (C=O) groups is 4. The van der Waals surface area contributed by atoms with Gasteiger partial charge in [-0.25, -0.2) is 9.97 Å². The van der Waals surface area contributed by atoms with Gasteiger partial charge in [0.05, 0.1) is 56.3 Å². The number of aliphatic carboxylic acids is 2. The molecule has 2 atom stereocenters. The van der Waals surface area contributed by atoms with Gasteiger partial charge in [0, 0.05) is 36.7 Å². The molecule has 0 saturated carbocycles. The number of H-pyrrole nitrogens is 2. The van der Waals surface area contributed by atoms with E-state index in [1.165, 1.54) is 0 Å². The number of allylic oxidation sites excluding steroid dienone is 4. The van der Waals surface area contributed by atoms with E-state index in [1.807, 2.05) is 40.7 Å². The smallest absolute Gasteiger partial charge is 0.303 e. The summed E-state index contributed by atoms with van der Waals surface area (Å²) < 4.78 is 0. The molecule has 14 N–H and O–H groups in total. The van der Waals surface area contributed by atoms with Gasteiger partial charge in [0.15, 0.2) is 0 Å². The fraction of sp³-hybridized carbons (Fsp3) is 0.409. The van der Waals surface area contributed by atoms with Crippen molar-refractivity contribution in [1.82, 2.24) is 19.9 Å². The number of hydrogen-bond acceptors (Lipinski definition) is 10. The van der Waals surface area contributed by atoms with Gasteiger partial charge in [0.1, 0.15) is 11.5 Å². The molecule has 0 aliphatic carbocycles. The third-order valence-corrected chi connectivity index (χ3v) is 11.6.